The van der Waals surface area contributed by atoms with Crippen LogP contribution in [0, 0.1) is 19.8 Å². The second-order valence-corrected chi connectivity index (χ2v) is 11.0. The first-order valence-corrected chi connectivity index (χ1v) is 13.7. The minimum Gasteiger partial charge on any atom is -0.465 e. The Morgan fingerprint density at radius 1 is 1.26 bits per heavy atom. The highest BCUT2D eigenvalue weighted by Gasteiger charge is 2.35. The van der Waals surface area contributed by atoms with Gasteiger partial charge in [-0.3, -0.25) is 9.97 Å². The molecule has 38 heavy (non-hydrogen) atoms. The molecule has 0 spiro atoms. The lowest BCUT2D eigenvalue weighted by molar-refractivity contribution is 0.0547. The van der Waals surface area contributed by atoms with E-state index in [1.54, 1.807) is 4.68 Å². The zero-order valence-corrected chi connectivity index (χ0v) is 23.1. The van der Waals surface area contributed by atoms with E-state index >= 15 is 0 Å². The van der Waals surface area contributed by atoms with Crippen molar-refractivity contribution in [1.82, 2.24) is 29.5 Å². The summed E-state index contributed by atoms with van der Waals surface area (Å²) in [4.78, 5) is 22.8. The molecule has 0 aliphatic carbocycles. The number of nitrogens with zero attached hydrogens (tertiary/aromatic N) is 6. The zero-order chi connectivity index (χ0) is 26.6. The molecule has 0 amide bonds. The predicted octanol–water partition coefficient (Wildman–Crippen LogP) is 5.51. The van der Waals surface area contributed by atoms with Crippen molar-refractivity contribution in [3.05, 3.63) is 57.4 Å². The van der Waals surface area contributed by atoms with Gasteiger partial charge in [-0.2, -0.15) is 0 Å². The molecule has 0 bridgehead atoms. The number of halogens is 1. The Morgan fingerprint density at radius 2 is 2.05 bits per heavy atom. The molecule has 1 aliphatic rings. The summed E-state index contributed by atoms with van der Waals surface area (Å²) in [5.41, 5.74) is 7.17. The van der Waals surface area contributed by atoms with E-state index in [9.17, 15) is 4.79 Å². The van der Waals surface area contributed by atoms with Crippen molar-refractivity contribution >= 4 is 50.2 Å². The van der Waals surface area contributed by atoms with Crippen LogP contribution in [0.2, 0.25) is 5.02 Å². The van der Waals surface area contributed by atoms with Gasteiger partial charge in [-0.25, -0.2) is 9.48 Å². The van der Waals surface area contributed by atoms with Crippen LogP contribution in [-0.2, 0) is 16.5 Å². The molecule has 1 fully saturated rings. The van der Waals surface area contributed by atoms with E-state index in [2.05, 4.69) is 33.9 Å². The fraction of sp³-hybridized carbons (Fsp3) is 0.370. The van der Waals surface area contributed by atoms with Gasteiger partial charge in [0.1, 0.15) is 10.4 Å². The van der Waals surface area contributed by atoms with Crippen LogP contribution in [0.3, 0.4) is 0 Å². The first-order valence-electron chi connectivity index (χ1n) is 12.5. The number of ether oxygens (including phenoxy) is 2. The third kappa shape index (κ3) is 3.90. The average molecular weight is 551 g/mol. The Hall–Kier alpha value is -3.34. The maximum atomic E-state index is 12.7. The molecular weight excluding hydrogens is 524 g/mol. The number of esters is 1. The molecule has 1 atom stereocenters. The van der Waals surface area contributed by atoms with Gasteiger partial charge in [-0.05, 0) is 50.3 Å². The van der Waals surface area contributed by atoms with E-state index in [1.807, 2.05) is 32.4 Å². The smallest absolute Gasteiger partial charge is 0.349 e. The van der Waals surface area contributed by atoms with Crippen molar-refractivity contribution in [2.45, 2.75) is 32.7 Å². The second-order valence-electron chi connectivity index (χ2n) is 9.62. The molecule has 11 heteroatoms. The van der Waals surface area contributed by atoms with Crippen molar-refractivity contribution in [3.8, 4) is 11.3 Å². The molecule has 5 aromatic heterocycles. The van der Waals surface area contributed by atoms with Crippen molar-refractivity contribution in [1.29, 1.82) is 0 Å². The van der Waals surface area contributed by atoms with E-state index in [1.165, 1.54) is 18.4 Å². The summed E-state index contributed by atoms with van der Waals surface area (Å²) >= 11 is 8.31. The Morgan fingerprint density at radius 3 is 2.74 bits per heavy atom. The molecule has 5 aromatic rings. The summed E-state index contributed by atoms with van der Waals surface area (Å²) in [6, 6.07) is 6.02. The molecular formula is C27H27ClN6O3S. The predicted molar refractivity (Wildman–Crippen MR) is 147 cm³/mol. The van der Waals surface area contributed by atoms with Crippen molar-refractivity contribution in [2.24, 2.45) is 13.0 Å². The van der Waals surface area contributed by atoms with Gasteiger partial charge >= 0.3 is 5.97 Å². The standard InChI is InChI=1S/C27H27ClN6O3S/c1-14-6-5-9-29-20(14)23(16-7-10-37-11-8-16)34-18-12-17(22-15(2)31-32-33(22)3)13-30-21(18)26-24(34)19(28)25(38-26)27(35)36-4/h5-6,9,12-13,16,23H,7-8,10-11H2,1-4H3. The van der Waals surface area contributed by atoms with Crippen LogP contribution in [0.4, 0.5) is 0 Å². The number of fused-ring (bicyclic) bond motifs is 3. The van der Waals surface area contributed by atoms with E-state index in [-0.39, 0.29) is 12.0 Å². The lowest BCUT2D eigenvalue weighted by Gasteiger charge is -2.33. The average Bonchev–Trinajstić information content (AvgIpc) is 3.56. The normalized spacial score (nSPS) is 15.4. The monoisotopic (exact) mass is 550 g/mol. The largest absolute Gasteiger partial charge is 0.465 e. The molecule has 6 rings (SSSR count). The summed E-state index contributed by atoms with van der Waals surface area (Å²) in [6.07, 6.45) is 5.43. The van der Waals surface area contributed by atoms with Gasteiger partial charge in [0.2, 0.25) is 0 Å². The molecule has 0 radical (unpaired) electrons. The highest BCUT2D eigenvalue weighted by molar-refractivity contribution is 7.22. The van der Waals surface area contributed by atoms with Crippen LogP contribution in [0.5, 0.6) is 0 Å². The van der Waals surface area contributed by atoms with Gasteiger partial charge in [-0.15, -0.1) is 16.4 Å². The lowest BCUT2D eigenvalue weighted by Crippen LogP contribution is -2.28. The van der Waals surface area contributed by atoms with Gasteiger partial charge in [-0.1, -0.05) is 22.9 Å². The molecule has 1 unspecified atom stereocenters. The lowest BCUT2D eigenvalue weighted by atomic mass is 9.87. The van der Waals surface area contributed by atoms with E-state index < -0.39 is 5.97 Å². The Bertz CT molecular complexity index is 1660. The molecule has 6 heterocycles. The minimum absolute atomic E-state index is 0.138. The Labute approximate surface area is 228 Å². The number of rotatable bonds is 5. The topological polar surface area (TPSA) is 97.0 Å². The third-order valence-electron chi connectivity index (χ3n) is 7.37. The van der Waals surface area contributed by atoms with Gasteiger partial charge in [0.25, 0.3) is 0 Å². The van der Waals surface area contributed by atoms with E-state index in [4.69, 9.17) is 31.0 Å². The zero-order valence-electron chi connectivity index (χ0n) is 21.6. The second kappa shape index (κ2) is 9.76. The molecule has 0 saturated carbocycles. The summed E-state index contributed by atoms with van der Waals surface area (Å²) in [6.45, 7) is 5.39. The molecule has 196 valence electrons. The maximum absolute atomic E-state index is 12.7. The summed E-state index contributed by atoms with van der Waals surface area (Å²) in [5.74, 6) is -0.210. The summed E-state index contributed by atoms with van der Waals surface area (Å²) in [5, 5.41) is 8.80. The molecule has 0 N–H and O–H groups in total. The van der Waals surface area contributed by atoms with E-state index in [0.717, 1.165) is 62.3 Å². The fourth-order valence-corrected chi connectivity index (χ4v) is 7.15. The van der Waals surface area contributed by atoms with Crippen molar-refractivity contribution in [3.63, 3.8) is 0 Å². The molecule has 1 saturated heterocycles. The first-order chi connectivity index (χ1) is 18.4. The molecule has 0 aromatic carbocycles. The van der Waals surface area contributed by atoms with Crippen molar-refractivity contribution < 1.29 is 14.3 Å². The van der Waals surface area contributed by atoms with Crippen LogP contribution in [0.25, 0.3) is 32.5 Å². The third-order valence-corrected chi connectivity index (χ3v) is 9.02. The number of carbonyl (C=O) groups excluding carboxylic acids is 1. The molecule has 1 aliphatic heterocycles. The van der Waals surface area contributed by atoms with Gasteiger partial charge in [0.15, 0.2) is 0 Å². The van der Waals surface area contributed by atoms with Crippen LogP contribution in [0.1, 0.15) is 45.5 Å². The fourth-order valence-electron chi connectivity index (χ4n) is 5.60. The number of methoxy groups -OCH3 is 1. The van der Waals surface area contributed by atoms with Gasteiger partial charge < -0.3 is 14.0 Å². The number of hydrogen-bond donors (Lipinski definition) is 0. The highest BCUT2D eigenvalue weighted by Crippen LogP contribution is 2.47. The van der Waals surface area contributed by atoms with Gasteiger partial charge in [0, 0.05) is 38.2 Å². The SMILES string of the molecule is COC(=O)c1sc2c3ncc(-c4c(C)nnn4C)cc3n(C(c3ncccc3C)C3CCOCC3)c2c1Cl. The quantitative estimate of drug-likeness (QED) is 0.266. The number of aryl methyl sites for hydroxylation is 3. The highest BCUT2D eigenvalue weighted by atomic mass is 35.5. The Balaban J connectivity index is 1.71. The van der Waals surface area contributed by atoms with Crippen LogP contribution in [0.15, 0.2) is 30.6 Å². The maximum Gasteiger partial charge on any atom is 0.349 e. The number of thiophene rings is 1. The minimum atomic E-state index is -0.458. The number of aromatic nitrogens is 6. The first kappa shape index (κ1) is 25.0. The molecule has 9 nitrogen and oxygen atoms in total. The van der Waals surface area contributed by atoms with Gasteiger partial charge in [0.05, 0.1) is 51.0 Å². The van der Waals surface area contributed by atoms with Crippen LogP contribution >= 0.6 is 22.9 Å². The van der Waals surface area contributed by atoms with Crippen LogP contribution < -0.4 is 0 Å². The number of hydrogen-bond acceptors (Lipinski definition) is 8. The Kier molecular flexibility index (Phi) is 6.41. The number of carbonyl (C=O) groups is 1. The number of pyridine rings is 2. The van der Waals surface area contributed by atoms with Crippen molar-refractivity contribution in [2.75, 3.05) is 20.3 Å². The van der Waals surface area contributed by atoms with Crippen LogP contribution in [-0.4, -0.2) is 55.8 Å². The summed E-state index contributed by atoms with van der Waals surface area (Å²) in [7, 11) is 3.24. The van der Waals surface area contributed by atoms with E-state index in [0.29, 0.717) is 23.1 Å². The summed E-state index contributed by atoms with van der Waals surface area (Å²) < 4.78 is 15.6.